The van der Waals surface area contributed by atoms with Gasteiger partial charge in [0.25, 0.3) is 0 Å². The van der Waals surface area contributed by atoms with Gasteiger partial charge in [0.15, 0.2) is 0 Å². The molecule has 11 nitrogen and oxygen atoms in total. The van der Waals surface area contributed by atoms with Crippen molar-refractivity contribution >= 4 is 43.0 Å². The standard InChI is InChI=1S/C25H21F3N4O5S2.C2HF3O2/c26-25(27,28)17-9-11-18(12-10-17)38(34,35)31-21(24-29-19-3-1-2-4-20(19)30-24)13-15-5-7-16(8-6-15)22-14-23(33)32-39(22,36)37;3-2(4,5)1(6)7/h1-12,21-22,31H,13-14H2,(H,29,30)(H,32,33);(H,6,7)/t21-,22?;/m0./s1. The van der Waals surface area contributed by atoms with Crippen molar-refractivity contribution in [1.82, 2.24) is 19.4 Å². The van der Waals surface area contributed by atoms with E-state index in [2.05, 4.69) is 14.7 Å². The molecule has 0 bridgehead atoms. The van der Waals surface area contributed by atoms with Crippen LogP contribution >= 0.6 is 0 Å². The topological polar surface area (TPSA) is 175 Å². The molecule has 1 amide bonds. The first-order valence-electron chi connectivity index (χ1n) is 12.8. The average molecular weight is 693 g/mol. The number of rotatable bonds is 7. The highest BCUT2D eigenvalue weighted by molar-refractivity contribution is 7.90. The number of carbonyl (C=O) groups is 2. The molecule has 246 valence electrons. The number of nitrogens with one attached hydrogen (secondary N) is 3. The van der Waals surface area contributed by atoms with Gasteiger partial charge in [-0.15, -0.1) is 0 Å². The lowest BCUT2D eigenvalue weighted by atomic mass is 10.0. The number of H-pyrrole nitrogens is 1. The molecule has 1 saturated heterocycles. The summed E-state index contributed by atoms with van der Waals surface area (Å²) in [6, 6.07) is 15.6. The van der Waals surface area contributed by atoms with Gasteiger partial charge in [-0.1, -0.05) is 36.4 Å². The first-order chi connectivity index (χ1) is 21.3. The highest BCUT2D eigenvalue weighted by atomic mass is 32.2. The number of fused-ring (bicyclic) bond motifs is 1. The summed E-state index contributed by atoms with van der Waals surface area (Å²) in [6.07, 6.45) is -9.81. The number of halogens is 6. The minimum Gasteiger partial charge on any atom is -0.475 e. The third-order valence-electron chi connectivity index (χ3n) is 6.56. The van der Waals surface area contributed by atoms with E-state index in [1.54, 1.807) is 48.5 Å². The van der Waals surface area contributed by atoms with Gasteiger partial charge >= 0.3 is 18.3 Å². The van der Waals surface area contributed by atoms with Crippen molar-refractivity contribution < 1.29 is 57.9 Å². The number of aromatic amines is 1. The molecular formula is C27H22F6N4O7S2. The number of amides is 1. The third-order valence-corrected chi connectivity index (χ3v) is 9.75. The van der Waals surface area contributed by atoms with Crippen LogP contribution in [0.3, 0.4) is 0 Å². The molecule has 1 aliphatic heterocycles. The zero-order valence-corrected chi connectivity index (χ0v) is 24.6. The monoisotopic (exact) mass is 692 g/mol. The number of alkyl halides is 6. The number of carbonyl (C=O) groups excluding carboxylic acids is 1. The Labute approximate surface area is 256 Å². The molecule has 1 unspecified atom stereocenters. The Morgan fingerprint density at radius 2 is 1.57 bits per heavy atom. The molecule has 0 saturated carbocycles. The maximum absolute atomic E-state index is 13.2. The zero-order valence-electron chi connectivity index (χ0n) is 22.9. The number of hydrogen-bond donors (Lipinski definition) is 4. The van der Waals surface area contributed by atoms with Crippen LogP contribution in [0.15, 0.2) is 77.7 Å². The van der Waals surface area contributed by atoms with Crippen LogP contribution in [-0.2, 0) is 42.2 Å². The van der Waals surface area contributed by atoms with Gasteiger partial charge in [-0.25, -0.2) is 31.3 Å². The van der Waals surface area contributed by atoms with Crippen molar-refractivity contribution in [3.05, 3.63) is 95.3 Å². The Kier molecular flexibility index (Phi) is 9.51. The molecule has 19 heteroatoms. The summed E-state index contributed by atoms with van der Waals surface area (Å²) in [7, 11) is -8.10. The Bertz CT molecular complexity index is 1930. The summed E-state index contributed by atoms with van der Waals surface area (Å²) in [5, 5.41) is 6.10. The lowest BCUT2D eigenvalue weighted by Crippen LogP contribution is -2.31. The Morgan fingerprint density at radius 3 is 2.07 bits per heavy atom. The summed E-state index contributed by atoms with van der Waals surface area (Å²) in [4.78, 5) is 27.7. The molecule has 2 atom stereocenters. The lowest BCUT2D eigenvalue weighted by Gasteiger charge is -2.18. The Balaban J connectivity index is 0.000000617. The molecule has 0 radical (unpaired) electrons. The van der Waals surface area contributed by atoms with E-state index < -0.39 is 61.1 Å². The lowest BCUT2D eigenvalue weighted by molar-refractivity contribution is -0.192. The number of hydrogen-bond acceptors (Lipinski definition) is 7. The largest absolute Gasteiger partial charge is 0.490 e. The highest BCUT2D eigenvalue weighted by Gasteiger charge is 2.39. The van der Waals surface area contributed by atoms with E-state index in [9.17, 15) is 48.0 Å². The number of aliphatic carboxylic acids is 1. The van der Waals surface area contributed by atoms with E-state index >= 15 is 0 Å². The number of carboxylic acids is 1. The summed E-state index contributed by atoms with van der Waals surface area (Å²) in [6.45, 7) is 0. The fourth-order valence-corrected chi connectivity index (χ4v) is 6.99. The van der Waals surface area contributed by atoms with Crippen LogP contribution in [0.4, 0.5) is 26.3 Å². The van der Waals surface area contributed by atoms with Crippen molar-refractivity contribution in [2.24, 2.45) is 0 Å². The minimum atomic E-state index is -5.08. The van der Waals surface area contributed by atoms with Gasteiger partial charge in [-0.2, -0.15) is 26.3 Å². The molecule has 3 aromatic carbocycles. The van der Waals surface area contributed by atoms with E-state index in [1.807, 2.05) is 4.72 Å². The fraction of sp³-hybridized carbons (Fsp3) is 0.222. The maximum atomic E-state index is 13.2. The van der Waals surface area contributed by atoms with Crippen molar-refractivity contribution in [2.45, 2.75) is 41.4 Å². The third kappa shape index (κ3) is 8.20. The fourth-order valence-electron chi connectivity index (χ4n) is 4.36. The van der Waals surface area contributed by atoms with Gasteiger partial charge in [0.05, 0.1) is 34.0 Å². The number of carboxylic acid groups (broad SMARTS) is 1. The van der Waals surface area contributed by atoms with Crippen molar-refractivity contribution in [3.63, 3.8) is 0 Å². The number of nitrogens with zero attached hydrogens (tertiary/aromatic N) is 1. The number of imidazole rings is 1. The van der Waals surface area contributed by atoms with Crippen LogP contribution in [0, 0.1) is 0 Å². The second-order valence-electron chi connectivity index (χ2n) is 9.85. The summed E-state index contributed by atoms with van der Waals surface area (Å²) < 4.78 is 126. The van der Waals surface area contributed by atoms with Crippen LogP contribution in [0.1, 0.15) is 40.2 Å². The number of sulfonamides is 2. The second-order valence-corrected chi connectivity index (χ2v) is 13.4. The van der Waals surface area contributed by atoms with E-state index in [0.29, 0.717) is 34.3 Å². The van der Waals surface area contributed by atoms with Crippen molar-refractivity contribution in [3.8, 4) is 0 Å². The van der Waals surface area contributed by atoms with Crippen LogP contribution in [0.5, 0.6) is 0 Å². The molecule has 1 aromatic heterocycles. The summed E-state index contributed by atoms with van der Waals surface area (Å²) in [5.74, 6) is -3.07. The normalized spacial score (nSPS) is 17.2. The smallest absolute Gasteiger partial charge is 0.475 e. The van der Waals surface area contributed by atoms with Gasteiger partial charge in [0, 0.05) is 0 Å². The SMILES string of the molecule is O=C(O)C(F)(F)F.O=C1CC(c2ccc(C[C@H](NS(=O)(=O)c3ccc(C(F)(F)F)cc3)c3nc4ccccc4[nH]3)cc2)S(=O)(=O)N1. The first kappa shape index (κ1) is 34.4. The molecule has 46 heavy (non-hydrogen) atoms. The molecule has 0 spiro atoms. The summed E-state index contributed by atoms with van der Waals surface area (Å²) >= 11 is 0. The van der Waals surface area contributed by atoms with E-state index in [1.165, 1.54) is 0 Å². The first-order valence-corrected chi connectivity index (χ1v) is 15.9. The molecule has 1 fully saturated rings. The van der Waals surface area contributed by atoms with Crippen LogP contribution in [0.25, 0.3) is 11.0 Å². The van der Waals surface area contributed by atoms with Gasteiger partial charge in [-0.3, -0.25) is 9.52 Å². The Morgan fingerprint density at radius 1 is 0.978 bits per heavy atom. The number of para-hydroxylation sites is 2. The predicted molar refractivity (Wildman–Crippen MR) is 149 cm³/mol. The molecule has 0 aliphatic carbocycles. The van der Waals surface area contributed by atoms with Crippen LogP contribution < -0.4 is 9.44 Å². The Hall–Kier alpha value is -4.49. The van der Waals surface area contributed by atoms with Crippen molar-refractivity contribution in [1.29, 1.82) is 0 Å². The average Bonchev–Trinajstić information content (AvgIpc) is 3.51. The molecule has 5 rings (SSSR count). The molecule has 4 N–H and O–H groups in total. The second kappa shape index (κ2) is 12.7. The van der Waals surface area contributed by atoms with Gasteiger partial charge < -0.3 is 10.1 Å². The van der Waals surface area contributed by atoms with Gasteiger partial charge in [0.2, 0.25) is 26.0 Å². The minimum absolute atomic E-state index is 0.0779. The van der Waals surface area contributed by atoms with Crippen LogP contribution in [0.2, 0.25) is 0 Å². The van der Waals surface area contributed by atoms with E-state index in [-0.39, 0.29) is 23.6 Å². The van der Waals surface area contributed by atoms with Gasteiger partial charge in [-0.05, 0) is 53.9 Å². The highest BCUT2D eigenvalue weighted by Crippen LogP contribution is 2.32. The van der Waals surface area contributed by atoms with Crippen LogP contribution in [-0.4, -0.2) is 50.0 Å². The van der Waals surface area contributed by atoms with E-state index in [0.717, 1.165) is 12.1 Å². The molecule has 4 aromatic rings. The van der Waals surface area contributed by atoms with Gasteiger partial charge in [0.1, 0.15) is 11.1 Å². The van der Waals surface area contributed by atoms with Crippen molar-refractivity contribution in [2.75, 3.05) is 0 Å². The summed E-state index contributed by atoms with van der Waals surface area (Å²) in [5.41, 5.74) is 1.30. The number of aromatic nitrogens is 2. The quantitative estimate of drug-likeness (QED) is 0.207. The number of benzene rings is 3. The zero-order chi connectivity index (χ0) is 34.1. The maximum Gasteiger partial charge on any atom is 0.490 e. The molecular weight excluding hydrogens is 670 g/mol. The molecule has 2 heterocycles. The predicted octanol–water partition coefficient (Wildman–Crippen LogP) is 4.37. The van der Waals surface area contributed by atoms with E-state index in [4.69, 9.17) is 9.90 Å². The molecule has 1 aliphatic rings.